The third kappa shape index (κ3) is 5.51. The number of aliphatic hydroxyl groups excluding tert-OH is 1. The van der Waals surface area contributed by atoms with Gasteiger partial charge in [0, 0.05) is 18.7 Å². The Morgan fingerprint density at radius 1 is 0.957 bits per heavy atom. The molecule has 0 unspecified atom stereocenters. The second-order valence-electron chi connectivity index (χ2n) is 5.92. The van der Waals surface area contributed by atoms with Crippen LogP contribution >= 0.6 is 0 Å². The molecule has 2 aromatic carbocycles. The molecule has 0 aliphatic carbocycles. The van der Waals surface area contributed by atoms with E-state index in [2.05, 4.69) is 10.2 Å². The van der Waals surface area contributed by atoms with Crippen molar-refractivity contribution in [1.29, 1.82) is 0 Å². The van der Waals surface area contributed by atoms with Gasteiger partial charge >= 0.3 is 0 Å². The molecular formula is C19H24N2O2. The number of hydrogen-bond acceptors (Lipinski definition) is 3. The first-order valence-electron chi connectivity index (χ1n) is 7.79. The predicted octanol–water partition coefficient (Wildman–Crippen LogP) is 2.21. The van der Waals surface area contributed by atoms with E-state index >= 15 is 0 Å². The third-order valence-corrected chi connectivity index (χ3v) is 3.62. The fraction of sp³-hybridized carbons (Fsp3) is 0.316. The molecule has 2 rings (SSSR count). The van der Waals surface area contributed by atoms with Gasteiger partial charge in [-0.3, -0.25) is 4.79 Å². The monoisotopic (exact) mass is 312 g/mol. The molecule has 2 aromatic rings. The van der Waals surface area contributed by atoms with E-state index in [1.807, 2.05) is 62.6 Å². The van der Waals surface area contributed by atoms with Gasteiger partial charge in [-0.05, 0) is 49.3 Å². The lowest BCUT2D eigenvalue weighted by atomic mass is 10.1. The number of benzene rings is 2. The standard InChI is InChI=1S/C19H24N2O2/c1-21(2)13-16-7-9-18(10-8-16)19(23)20-12-11-15-3-5-17(14-22)6-4-15/h3-10,22H,11-14H2,1-2H3,(H,20,23). The summed E-state index contributed by atoms with van der Waals surface area (Å²) in [5, 5.41) is 11.9. The van der Waals surface area contributed by atoms with Crippen molar-refractivity contribution in [1.82, 2.24) is 10.2 Å². The predicted molar refractivity (Wildman–Crippen MR) is 92.2 cm³/mol. The number of carbonyl (C=O) groups is 1. The van der Waals surface area contributed by atoms with Gasteiger partial charge in [-0.15, -0.1) is 0 Å². The summed E-state index contributed by atoms with van der Waals surface area (Å²) in [7, 11) is 4.04. The van der Waals surface area contributed by atoms with Crippen molar-refractivity contribution in [2.45, 2.75) is 19.6 Å². The molecule has 23 heavy (non-hydrogen) atoms. The van der Waals surface area contributed by atoms with Crippen LogP contribution in [0.15, 0.2) is 48.5 Å². The minimum Gasteiger partial charge on any atom is -0.392 e. The van der Waals surface area contributed by atoms with Crippen LogP contribution in [-0.4, -0.2) is 36.6 Å². The van der Waals surface area contributed by atoms with Crippen LogP contribution in [0.2, 0.25) is 0 Å². The highest BCUT2D eigenvalue weighted by atomic mass is 16.3. The number of aliphatic hydroxyl groups is 1. The number of rotatable bonds is 7. The van der Waals surface area contributed by atoms with Crippen LogP contribution in [0.25, 0.3) is 0 Å². The summed E-state index contributed by atoms with van der Waals surface area (Å²) in [4.78, 5) is 14.2. The first-order chi connectivity index (χ1) is 11.1. The maximum Gasteiger partial charge on any atom is 0.251 e. The zero-order valence-electron chi connectivity index (χ0n) is 13.7. The molecule has 0 aliphatic heterocycles. The molecule has 0 spiro atoms. The molecular weight excluding hydrogens is 288 g/mol. The lowest BCUT2D eigenvalue weighted by Crippen LogP contribution is -2.25. The fourth-order valence-corrected chi connectivity index (χ4v) is 2.36. The van der Waals surface area contributed by atoms with Crippen molar-refractivity contribution in [3.8, 4) is 0 Å². The molecule has 0 atom stereocenters. The molecule has 0 saturated carbocycles. The van der Waals surface area contributed by atoms with Crippen molar-refractivity contribution in [3.63, 3.8) is 0 Å². The number of nitrogens with zero attached hydrogens (tertiary/aromatic N) is 1. The van der Waals surface area contributed by atoms with Gasteiger partial charge in [-0.25, -0.2) is 0 Å². The Kier molecular flexibility index (Phi) is 6.32. The molecule has 0 aliphatic rings. The van der Waals surface area contributed by atoms with E-state index in [9.17, 15) is 4.79 Å². The number of carbonyl (C=O) groups excluding carboxylic acids is 1. The summed E-state index contributed by atoms with van der Waals surface area (Å²) in [5.41, 5.74) is 3.91. The topological polar surface area (TPSA) is 52.6 Å². The molecule has 122 valence electrons. The van der Waals surface area contributed by atoms with Gasteiger partial charge in [0.25, 0.3) is 5.91 Å². The highest BCUT2D eigenvalue weighted by Crippen LogP contribution is 2.07. The van der Waals surface area contributed by atoms with Crippen LogP contribution < -0.4 is 5.32 Å². The maximum atomic E-state index is 12.1. The molecule has 4 nitrogen and oxygen atoms in total. The quantitative estimate of drug-likeness (QED) is 0.824. The fourth-order valence-electron chi connectivity index (χ4n) is 2.36. The van der Waals surface area contributed by atoms with Crippen LogP contribution in [0, 0.1) is 0 Å². The van der Waals surface area contributed by atoms with E-state index in [1.54, 1.807) is 0 Å². The van der Waals surface area contributed by atoms with Crippen LogP contribution in [0.1, 0.15) is 27.0 Å². The summed E-state index contributed by atoms with van der Waals surface area (Å²) >= 11 is 0. The second-order valence-corrected chi connectivity index (χ2v) is 5.92. The van der Waals surface area contributed by atoms with Crippen molar-refractivity contribution in [2.24, 2.45) is 0 Å². The van der Waals surface area contributed by atoms with Gasteiger partial charge < -0.3 is 15.3 Å². The van der Waals surface area contributed by atoms with Gasteiger partial charge in [-0.1, -0.05) is 36.4 Å². The van der Waals surface area contributed by atoms with E-state index in [0.717, 1.165) is 24.1 Å². The van der Waals surface area contributed by atoms with Crippen LogP contribution in [-0.2, 0) is 19.6 Å². The van der Waals surface area contributed by atoms with E-state index in [4.69, 9.17) is 5.11 Å². The van der Waals surface area contributed by atoms with Gasteiger partial charge in [0.1, 0.15) is 0 Å². The average molecular weight is 312 g/mol. The van der Waals surface area contributed by atoms with Crippen LogP contribution in [0.5, 0.6) is 0 Å². The molecule has 0 heterocycles. The average Bonchev–Trinajstić information content (AvgIpc) is 2.55. The van der Waals surface area contributed by atoms with Crippen LogP contribution in [0.3, 0.4) is 0 Å². The van der Waals surface area contributed by atoms with E-state index < -0.39 is 0 Å². The molecule has 0 aromatic heterocycles. The third-order valence-electron chi connectivity index (χ3n) is 3.62. The van der Waals surface area contributed by atoms with Crippen molar-refractivity contribution in [3.05, 3.63) is 70.8 Å². The number of nitrogens with one attached hydrogen (secondary N) is 1. The zero-order chi connectivity index (χ0) is 16.7. The molecule has 0 radical (unpaired) electrons. The lowest BCUT2D eigenvalue weighted by Gasteiger charge is -2.10. The van der Waals surface area contributed by atoms with E-state index in [-0.39, 0.29) is 12.5 Å². The van der Waals surface area contributed by atoms with Crippen molar-refractivity contribution < 1.29 is 9.90 Å². The van der Waals surface area contributed by atoms with Crippen molar-refractivity contribution in [2.75, 3.05) is 20.6 Å². The van der Waals surface area contributed by atoms with Crippen LogP contribution in [0.4, 0.5) is 0 Å². The zero-order valence-corrected chi connectivity index (χ0v) is 13.7. The highest BCUT2D eigenvalue weighted by molar-refractivity contribution is 5.94. The van der Waals surface area contributed by atoms with E-state index in [0.29, 0.717) is 12.1 Å². The Balaban J connectivity index is 1.81. The molecule has 4 heteroatoms. The Morgan fingerprint density at radius 3 is 2.09 bits per heavy atom. The smallest absolute Gasteiger partial charge is 0.251 e. The van der Waals surface area contributed by atoms with Crippen molar-refractivity contribution >= 4 is 5.91 Å². The highest BCUT2D eigenvalue weighted by Gasteiger charge is 2.05. The van der Waals surface area contributed by atoms with E-state index in [1.165, 1.54) is 5.56 Å². The summed E-state index contributed by atoms with van der Waals surface area (Å²) in [5.74, 6) is -0.0478. The second kappa shape index (κ2) is 8.46. The Bertz CT molecular complexity index is 619. The van der Waals surface area contributed by atoms with Gasteiger partial charge in [0.15, 0.2) is 0 Å². The molecule has 0 bridgehead atoms. The van der Waals surface area contributed by atoms with Gasteiger partial charge in [0.05, 0.1) is 6.61 Å². The number of hydrogen-bond donors (Lipinski definition) is 2. The normalized spacial score (nSPS) is 10.8. The minimum absolute atomic E-state index is 0.0478. The molecule has 0 saturated heterocycles. The maximum absolute atomic E-state index is 12.1. The summed E-state index contributed by atoms with van der Waals surface area (Å²) in [6, 6.07) is 15.5. The lowest BCUT2D eigenvalue weighted by molar-refractivity contribution is 0.0954. The molecule has 0 fully saturated rings. The Morgan fingerprint density at radius 2 is 1.52 bits per heavy atom. The minimum atomic E-state index is -0.0478. The molecule has 1 amide bonds. The first-order valence-corrected chi connectivity index (χ1v) is 7.79. The molecule has 2 N–H and O–H groups in total. The first kappa shape index (κ1) is 17.2. The van der Waals surface area contributed by atoms with Gasteiger partial charge in [0.2, 0.25) is 0 Å². The number of amides is 1. The Hall–Kier alpha value is -2.17. The Labute approximate surface area is 137 Å². The summed E-state index contributed by atoms with van der Waals surface area (Å²) in [6.45, 7) is 1.52. The largest absolute Gasteiger partial charge is 0.392 e. The SMILES string of the molecule is CN(C)Cc1ccc(C(=O)NCCc2ccc(CO)cc2)cc1. The summed E-state index contributed by atoms with van der Waals surface area (Å²) in [6.07, 6.45) is 0.774. The van der Waals surface area contributed by atoms with Gasteiger partial charge in [-0.2, -0.15) is 0 Å². The summed E-state index contributed by atoms with van der Waals surface area (Å²) < 4.78 is 0.